The van der Waals surface area contributed by atoms with E-state index in [0.717, 1.165) is 24.4 Å². The number of hydrogen-bond donors (Lipinski definition) is 1. The highest BCUT2D eigenvalue weighted by molar-refractivity contribution is 6.60. The van der Waals surface area contributed by atoms with Gasteiger partial charge in [-0.25, -0.2) is 12.1 Å². The van der Waals surface area contributed by atoms with Gasteiger partial charge in [0.2, 0.25) is 5.91 Å². The van der Waals surface area contributed by atoms with Crippen LogP contribution in [-0.4, -0.2) is 41.1 Å². The Bertz CT molecular complexity index is 405. The van der Waals surface area contributed by atoms with E-state index < -0.39 is 8.80 Å². The molecule has 0 heterocycles. The van der Waals surface area contributed by atoms with Crippen molar-refractivity contribution >= 4 is 14.7 Å². The standard InChI is InChI=1S/C17H30NO4Si/c1-4-20-23(21-5-2,22-6-3)14-10-9-13-18-17(19)15-16-11-7-8-12-16/h7-8,11-12H,4-6,9-10,13-15H2,1-3H3,(H,18,19)/q-1. The summed E-state index contributed by atoms with van der Waals surface area (Å²) in [5, 5.41) is 2.96. The lowest BCUT2D eigenvalue weighted by atomic mass is 10.2. The molecule has 1 N–H and O–H groups in total. The lowest BCUT2D eigenvalue weighted by Gasteiger charge is -2.28. The van der Waals surface area contributed by atoms with Gasteiger partial charge in [0, 0.05) is 38.8 Å². The van der Waals surface area contributed by atoms with E-state index in [1.54, 1.807) is 0 Å². The predicted octanol–water partition coefficient (Wildman–Crippen LogP) is 2.89. The summed E-state index contributed by atoms with van der Waals surface area (Å²) in [5.41, 5.74) is 1.05. The molecule has 0 unspecified atom stereocenters. The molecule has 132 valence electrons. The quantitative estimate of drug-likeness (QED) is 0.341. The molecule has 1 aromatic carbocycles. The zero-order valence-electron chi connectivity index (χ0n) is 14.6. The van der Waals surface area contributed by atoms with E-state index in [-0.39, 0.29) is 5.91 Å². The third-order valence-corrected chi connectivity index (χ3v) is 6.57. The first-order chi connectivity index (χ1) is 11.2. The van der Waals surface area contributed by atoms with Gasteiger partial charge in [0.05, 0.1) is 0 Å². The number of carbonyl (C=O) groups excluding carboxylic acids is 1. The van der Waals surface area contributed by atoms with Crippen LogP contribution in [0.5, 0.6) is 0 Å². The van der Waals surface area contributed by atoms with Crippen molar-refractivity contribution in [3.63, 3.8) is 0 Å². The van der Waals surface area contributed by atoms with E-state index in [9.17, 15) is 4.79 Å². The normalized spacial score (nSPS) is 11.6. The van der Waals surface area contributed by atoms with Gasteiger partial charge in [-0.05, 0) is 33.6 Å². The minimum Gasteiger partial charge on any atom is -0.374 e. The fraction of sp³-hybridized carbons (Fsp3) is 0.647. The topological polar surface area (TPSA) is 56.8 Å². The first kappa shape index (κ1) is 20.0. The molecule has 23 heavy (non-hydrogen) atoms. The number of amides is 1. The Hall–Kier alpha value is -1.08. The van der Waals surface area contributed by atoms with Gasteiger partial charge in [-0.1, -0.05) is 0 Å². The minimum atomic E-state index is -2.54. The summed E-state index contributed by atoms with van der Waals surface area (Å²) in [4.78, 5) is 11.8. The summed E-state index contributed by atoms with van der Waals surface area (Å²) < 4.78 is 17.4. The zero-order valence-corrected chi connectivity index (χ0v) is 15.6. The molecule has 5 nitrogen and oxygen atoms in total. The second-order valence-electron chi connectivity index (χ2n) is 5.26. The van der Waals surface area contributed by atoms with E-state index in [2.05, 4.69) is 5.32 Å². The van der Waals surface area contributed by atoms with Crippen LogP contribution in [-0.2, 0) is 24.5 Å². The van der Waals surface area contributed by atoms with E-state index in [4.69, 9.17) is 13.3 Å². The molecule has 1 amide bonds. The van der Waals surface area contributed by atoms with Crippen LogP contribution in [0.4, 0.5) is 0 Å². The van der Waals surface area contributed by atoms with Crippen molar-refractivity contribution in [1.29, 1.82) is 0 Å². The summed E-state index contributed by atoms with van der Waals surface area (Å²) in [6, 6.07) is 8.61. The molecule has 6 heteroatoms. The van der Waals surface area contributed by atoms with Crippen LogP contribution in [0.15, 0.2) is 24.3 Å². The molecule has 1 aromatic rings. The van der Waals surface area contributed by atoms with Crippen LogP contribution in [0.2, 0.25) is 6.04 Å². The lowest BCUT2D eigenvalue weighted by Crippen LogP contribution is -2.46. The number of carbonyl (C=O) groups is 1. The van der Waals surface area contributed by atoms with Gasteiger partial charge in [-0.2, -0.15) is 17.7 Å². The third kappa shape index (κ3) is 7.83. The van der Waals surface area contributed by atoms with Crippen LogP contribution < -0.4 is 5.32 Å². The highest BCUT2D eigenvalue weighted by atomic mass is 28.4. The molecule has 0 aromatic heterocycles. The number of nitrogens with one attached hydrogen (secondary N) is 1. The van der Waals surface area contributed by atoms with E-state index in [1.165, 1.54) is 0 Å². The molecule has 0 saturated heterocycles. The minimum absolute atomic E-state index is 0.0686. The average Bonchev–Trinajstić information content (AvgIpc) is 3.00. The fourth-order valence-electron chi connectivity index (χ4n) is 2.48. The SMILES string of the molecule is CCO[Si](CCCCNC(=O)Cc1ccc[cH-]1)(OCC)OCC. The molecule has 0 radical (unpaired) electrons. The summed E-state index contributed by atoms with van der Waals surface area (Å²) >= 11 is 0. The van der Waals surface area contributed by atoms with Gasteiger partial charge in [0.15, 0.2) is 0 Å². The Morgan fingerprint density at radius 2 is 1.78 bits per heavy atom. The van der Waals surface area contributed by atoms with Crippen molar-refractivity contribution in [2.45, 2.75) is 46.1 Å². The van der Waals surface area contributed by atoms with Crippen molar-refractivity contribution in [1.82, 2.24) is 5.32 Å². The Labute approximate surface area is 141 Å². The van der Waals surface area contributed by atoms with Crippen molar-refractivity contribution in [2.75, 3.05) is 26.4 Å². The molecule has 0 bridgehead atoms. The lowest BCUT2D eigenvalue weighted by molar-refractivity contribution is -0.120. The van der Waals surface area contributed by atoms with E-state index in [0.29, 0.717) is 32.8 Å². The molecule has 0 aliphatic rings. The molecule has 0 spiro atoms. The van der Waals surface area contributed by atoms with E-state index in [1.807, 2.05) is 45.0 Å². The first-order valence-corrected chi connectivity index (χ1v) is 10.5. The summed E-state index contributed by atoms with van der Waals surface area (Å²) in [5.74, 6) is 0.0686. The average molecular weight is 341 g/mol. The Morgan fingerprint density at radius 1 is 1.13 bits per heavy atom. The molecule has 1 rings (SSSR count). The van der Waals surface area contributed by atoms with Crippen LogP contribution in [0, 0.1) is 0 Å². The van der Waals surface area contributed by atoms with Crippen LogP contribution >= 0.6 is 0 Å². The maximum atomic E-state index is 11.8. The smallest absolute Gasteiger partial charge is 0.374 e. The maximum Gasteiger partial charge on any atom is 0.500 e. The summed E-state index contributed by atoms with van der Waals surface area (Å²) in [6.07, 6.45) is 2.26. The maximum absolute atomic E-state index is 11.8. The number of rotatable bonds is 13. The molecular weight excluding hydrogens is 310 g/mol. The van der Waals surface area contributed by atoms with Crippen molar-refractivity contribution in [3.8, 4) is 0 Å². The van der Waals surface area contributed by atoms with Crippen molar-refractivity contribution in [2.24, 2.45) is 0 Å². The fourth-order valence-corrected chi connectivity index (χ4v) is 5.16. The van der Waals surface area contributed by atoms with Gasteiger partial charge in [0.1, 0.15) is 0 Å². The third-order valence-electron chi connectivity index (χ3n) is 3.42. The summed E-state index contributed by atoms with van der Waals surface area (Å²) in [6.45, 7) is 8.36. The van der Waals surface area contributed by atoms with Gasteiger partial charge in [-0.15, -0.1) is 0 Å². The molecule has 0 atom stereocenters. The molecule has 0 fully saturated rings. The number of hydrogen-bond acceptors (Lipinski definition) is 4. The Kier molecular flexibility index (Phi) is 9.94. The van der Waals surface area contributed by atoms with Crippen LogP contribution in [0.25, 0.3) is 0 Å². The van der Waals surface area contributed by atoms with Crippen molar-refractivity contribution in [3.05, 3.63) is 29.8 Å². The van der Waals surface area contributed by atoms with Gasteiger partial charge in [-0.3, -0.25) is 4.79 Å². The van der Waals surface area contributed by atoms with Gasteiger partial charge >= 0.3 is 8.80 Å². The number of unbranched alkanes of at least 4 members (excludes halogenated alkanes) is 1. The van der Waals surface area contributed by atoms with E-state index >= 15 is 0 Å². The molecule has 0 aliphatic heterocycles. The first-order valence-electron chi connectivity index (χ1n) is 8.55. The van der Waals surface area contributed by atoms with Gasteiger partial charge < -0.3 is 18.6 Å². The Morgan fingerprint density at radius 3 is 2.30 bits per heavy atom. The monoisotopic (exact) mass is 340 g/mol. The largest absolute Gasteiger partial charge is 0.500 e. The highest BCUT2D eigenvalue weighted by Crippen LogP contribution is 2.19. The van der Waals surface area contributed by atoms with Crippen LogP contribution in [0.3, 0.4) is 0 Å². The molecular formula is C17H30NO4Si-. The zero-order chi connectivity index (χ0) is 17.0. The highest BCUT2D eigenvalue weighted by Gasteiger charge is 2.39. The molecule has 0 aliphatic carbocycles. The predicted molar refractivity (Wildman–Crippen MR) is 93.4 cm³/mol. The van der Waals surface area contributed by atoms with Crippen LogP contribution in [0.1, 0.15) is 39.2 Å². The second-order valence-corrected chi connectivity index (χ2v) is 7.99. The summed E-state index contributed by atoms with van der Waals surface area (Å²) in [7, 11) is -2.54. The molecule has 0 saturated carbocycles. The van der Waals surface area contributed by atoms with Gasteiger partial charge in [0.25, 0.3) is 0 Å². The Balaban J connectivity index is 2.25. The second kappa shape index (κ2) is 11.5. The van der Waals surface area contributed by atoms with Crippen molar-refractivity contribution < 1.29 is 18.1 Å².